The van der Waals surface area contributed by atoms with Gasteiger partial charge in [-0.05, 0) is 45.6 Å². The number of anilines is 2. The van der Waals surface area contributed by atoms with Gasteiger partial charge < -0.3 is 15.6 Å². The van der Waals surface area contributed by atoms with Gasteiger partial charge in [-0.3, -0.25) is 0 Å². The maximum Gasteiger partial charge on any atom is 0.142 e. The van der Waals surface area contributed by atoms with Gasteiger partial charge in [-0.15, -0.1) is 0 Å². The van der Waals surface area contributed by atoms with Crippen molar-refractivity contribution < 1.29 is 0 Å². The van der Waals surface area contributed by atoms with Crippen LogP contribution in [0.15, 0.2) is 18.2 Å². The van der Waals surface area contributed by atoms with Gasteiger partial charge in [0, 0.05) is 6.54 Å². The van der Waals surface area contributed by atoms with Crippen LogP contribution in [0.2, 0.25) is 0 Å². The van der Waals surface area contributed by atoms with Crippen molar-refractivity contribution in [3.05, 3.63) is 18.2 Å². The van der Waals surface area contributed by atoms with E-state index in [2.05, 4.69) is 34.7 Å². The van der Waals surface area contributed by atoms with E-state index < -0.39 is 0 Å². The van der Waals surface area contributed by atoms with Gasteiger partial charge in [0.2, 0.25) is 0 Å². The van der Waals surface area contributed by atoms with Gasteiger partial charge in [-0.25, -0.2) is 10.8 Å². The molecule has 0 fully saturated rings. The first-order valence-electron chi connectivity index (χ1n) is 5.54. The summed E-state index contributed by atoms with van der Waals surface area (Å²) >= 11 is 0. The third kappa shape index (κ3) is 4.95. The number of pyridine rings is 1. The van der Waals surface area contributed by atoms with E-state index in [1.807, 2.05) is 18.2 Å². The Morgan fingerprint density at radius 1 is 1.25 bits per heavy atom. The van der Waals surface area contributed by atoms with Gasteiger partial charge >= 0.3 is 0 Å². The second-order valence-electron chi connectivity index (χ2n) is 3.99. The molecule has 16 heavy (non-hydrogen) atoms. The Bertz CT molecular complexity index is 300. The Balaban J connectivity index is 2.21. The van der Waals surface area contributed by atoms with Crippen LogP contribution in [0.25, 0.3) is 0 Å². The van der Waals surface area contributed by atoms with Crippen molar-refractivity contribution in [2.24, 2.45) is 5.84 Å². The number of nitrogens with one attached hydrogen (secondary N) is 2. The number of nitrogen functional groups attached to an aromatic ring is 1. The van der Waals surface area contributed by atoms with Crippen LogP contribution in [0, 0.1) is 0 Å². The molecule has 1 rings (SSSR count). The van der Waals surface area contributed by atoms with Gasteiger partial charge in [0.15, 0.2) is 0 Å². The number of unbranched alkanes of at least 4 members (excludes halogenated alkanes) is 1. The Morgan fingerprint density at radius 3 is 2.69 bits per heavy atom. The fraction of sp³-hybridized carbons (Fsp3) is 0.545. The molecule has 0 spiro atoms. The van der Waals surface area contributed by atoms with Crippen LogP contribution in [0.3, 0.4) is 0 Å². The SMILES string of the molecule is CN(C)CCCCNc1cccc(NN)n1. The topological polar surface area (TPSA) is 66.2 Å². The monoisotopic (exact) mass is 223 g/mol. The van der Waals surface area contributed by atoms with Crippen LogP contribution in [0.5, 0.6) is 0 Å². The molecule has 0 unspecified atom stereocenters. The fourth-order valence-electron chi connectivity index (χ4n) is 1.38. The van der Waals surface area contributed by atoms with E-state index in [9.17, 15) is 0 Å². The van der Waals surface area contributed by atoms with Gasteiger partial charge in [0.1, 0.15) is 11.6 Å². The number of hydrogen-bond donors (Lipinski definition) is 3. The van der Waals surface area contributed by atoms with Crippen molar-refractivity contribution in [3.63, 3.8) is 0 Å². The summed E-state index contributed by atoms with van der Waals surface area (Å²) in [6, 6.07) is 5.69. The Hall–Kier alpha value is -1.33. The van der Waals surface area contributed by atoms with Crippen molar-refractivity contribution in [3.8, 4) is 0 Å². The number of hydrazine groups is 1. The van der Waals surface area contributed by atoms with Crippen LogP contribution in [-0.4, -0.2) is 37.1 Å². The summed E-state index contributed by atoms with van der Waals surface area (Å²) < 4.78 is 0. The maximum absolute atomic E-state index is 5.28. The molecule has 1 aromatic heterocycles. The smallest absolute Gasteiger partial charge is 0.142 e. The Morgan fingerprint density at radius 2 is 2.00 bits per heavy atom. The predicted octanol–water partition coefficient (Wildman–Crippen LogP) is 1.12. The number of hydrogen-bond acceptors (Lipinski definition) is 5. The van der Waals surface area contributed by atoms with Gasteiger partial charge in [-0.2, -0.15) is 0 Å². The molecule has 0 bridgehead atoms. The first-order valence-corrected chi connectivity index (χ1v) is 5.54. The van der Waals surface area contributed by atoms with Crippen molar-refractivity contribution in [2.45, 2.75) is 12.8 Å². The summed E-state index contributed by atoms with van der Waals surface area (Å²) in [6.45, 7) is 2.06. The highest BCUT2D eigenvalue weighted by Crippen LogP contribution is 2.07. The van der Waals surface area contributed by atoms with Crippen LogP contribution in [0.1, 0.15) is 12.8 Å². The molecule has 5 nitrogen and oxygen atoms in total. The molecular formula is C11H21N5. The minimum atomic E-state index is 0.679. The molecule has 4 N–H and O–H groups in total. The van der Waals surface area contributed by atoms with E-state index in [1.54, 1.807) is 0 Å². The molecule has 0 aliphatic carbocycles. The lowest BCUT2D eigenvalue weighted by Crippen LogP contribution is -2.14. The summed E-state index contributed by atoms with van der Waals surface area (Å²) in [7, 11) is 4.18. The van der Waals surface area contributed by atoms with E-state index >= 15 is 0 Å². The highest BCUT2D eigenvalue weighted by molar-refractivity contribution is 5.44. The molecule has 0 saturated carbocycles. The highest BCUT2D eigenvalue weighted by atomic mass is 15.3. The summed E-state index contributed by atoms with van der Waals surface area (Å²) in [5.74, 6) is 6.82. The standard InChI is InChI=1S/C11H21N5/c1-16(2)9-4-3-8-13-10-6-5-7-11(14-10)15-12/h5-7H,3-4,8-9,12H2,1-2H3,(H2,13,14,15). The number of nitrogens with two attached hydrogens (primary N) is 1. The van der Waals surface area contributed by atoms with Gasteiger partial charge in [0.05, 0.1) is 0 Å². The molecule has 0 radical (unpaired) electrons. The fourth-order valence-corrected chi connectivity index (χ4v) is 1.38. The van der Waals surface area contributed by atoms with Crippen molar-refractivity contribution in [1.29, 1.82) is 0 Å². The van der Waals surface area contributed by atoms with Crippen LogP contribution < -0.4 is 16.6 Å². The summed E-state index contributed by atoms with van der Waals surface area (Å²) in [6.07, 6.45) is 2.33. The van der Waals surface area contributed by atoms with Crippen molar-refractivity contribution in [2.75, 3.05) is 37.9 Å². The average molecular weight is 223 g/mol. The Kier molecular flexibility index (Phi) is 5.60. The summed E-state index contributed by atoms with van der Waals surface area (Å²) in [5.41, 5.74) is 2.53. The zero-order chi connectivity index (χ0) is 11.8. The molecule has 90 valence electrons. The molecule has 1 heterocycles. The van der Waals surface area contributed by atoms with E-state index in [-0.39, 0.29) is 0 Å². The van der Waals surface area contributed by atoms with Crippen molar-refractivity contribution >= 4 is 11.6 Å². The normalized spacial score (nSPS) is 10.5. The molecule has 0 saturated heterocycles. The lowest BCUT2D eigenvalue weighted by Gasteiger charge is -2.10. The van der Waals surface area contributed by atoms with Crippen LogP contribution >= 0.6 is 0 Å². The zero-order valence-corrected chi connectivity index (χ0v) is 10.0. The first-order chi connectivity index (χ1) is 7.72. The van der Waals surface area contributed by atoms with Crippen LogP contribution in [0.4, 0.5) is 11.6 Å². The van der Waals surface area contributed by atoms with Crippen LogP contribution in [-0.2, 0) is 0 Å². The Labute approximate surface area is 97.0 Å². The number of rotatable bonds is 7. The molecule has 0 amide bonds. The second-order valence-corrected chi connectivity index (χ2v) is 3.99. The molecular weight excluding hydrogens is 202 g/mol. The summed E-state index contributed by atoms with van der Waals surface area (Å²) in [4.78, 5) is 6.46. The number of aromatic nitrogens is 1. The predicted molar refractivity (Wildman–Crippen MR) is 68.3 cm³/mol. The lowest BCUT2D eigenvalue weighted by atomic mass is 10.3. The quantitative estimate of drug-likeness (QED) is 0.367. The minimum absolute atomic E-state index is 0.679. The molecule has 0 aliphatic rings. The van der Waals surface area contributed by atoms with Gasteiger partial charge in [-0.1, -0.05) is 6.07 Å². The molecule has 0 atom stereocenters. The third-order valence-corrected chi connectivity index (χ3v) is 2.24. The maximum atomic E-state index is 5.28. The van der Waals surface area contributed by atoms with E-state index in [0.29, 0.717) is 5.82 Å². The largest absolute Gasteiger partial charge is 0.370 e. The molecule has 5 heteroatoms. The molecule has 1 aromatic rings. The second kappa shape index (κ2) is 7.03. The minimum Gasteiger partial charge on any atom is -0.370 e. The highest BCUT2D eigenvalue weighted by Gasteiger charge is 1.95. The van der Waals surface area contributed by atoms with Gasteiger partial charge in [0.25, 0.3) is 0 Å². The first kappa shape index (κ1) is 12.7. The molecule has 0 aromatic carbocycles. The van der Waals surface area contributed by atoms with E-state index in [4.69, 9.17) is 5.84 Å². The summed E-state index contributed by atoms with van der Waals surface area (Å²) in [5, 5.41) is 3.27. The average Bonchev–Trinajstić information content (AvgIpc) is 2.28. The third-order valence-electron chi connectivity index (χ3n) is 2.24. The zero-order valence-electron chi connectivity index (χ0n) is 10.0. The van der Waals surface area contributed by atoms with E-state index in [0.717, 1.165) is 25.3 Å². The lowest BCUT2D eigenvalue weighted by molar-refractivity contribution is 0.396. The molecule has 0 aliphatic heterocycles. The van der Waals surface area contributed by atoms with E-state index in [1.165, 1.54) is 6.42 Å². The number of nitrogens with zero attached hydrogens (tertiary/aromatic N) is 2. The van der Waals surface area contributed by atoms with Crippen molar-refractivity contribution in [1.82, 2.24) is 9.88 Å².